The highest BCUT2D eigenvalue weighted by molar-refractivity contribution is 6.34. The Kier molecular flexibility index (Phi) is 6.69. The van der Waals surface area contributed by atoms with Gasteiger partial charge in [-0.15, -0.1) is 0 Å². The zero-order chi connectivity index (χ0) is 21.8. The molecular weight excluding hydrogens is 385 g/mol. The molecule has 1 aromatic carbocycles. The number of carbonyl (C=O) groups excluding carboxylic acids is 2. The lowest BCUT2D eigenvalue weighted by molar-refractivity contribution is -0.110. The molecule has 5 N–H and O–H groups in total. The molecule has 2 aromatic rings. The van der Waals surface area contributed by atoms with Crippen molar-refractivity contribution < 1.29 is 14.0 Å². The number of likely N-dealkylation sites (N-methyl/N-ethyl adjacent to an activating group) is 1. The van der Waals surface area contributed by atoms with Gasteiger partial charge in [-0.25, -0.2) is 4.39 Å². The van der Waals surface area contributed by atoms with Crippen molar-refractivity contribution in [3.05, 3.63) is 52.1 Å². The molecule has 7 nitrogen and oxygen atoms in total. The number of halogens is 1. The monoisotopic (exact) mass is 413 g/mol. The summed E-state index contributed by atoms with van der Waals surface area (Å²) in [5.74, 6) is -0.879. The van der Waals surface area contributed by atoms with Crippen molar-refractivity contribution in [1.29, 1.82) is 0 Å². The van der Waals surface area contributed by atoms with E-state index in [1.54, 1.807) is 12.1 Å². The average Bonchev–Trinajstić information content (AvgIpc) is 3.16. The van der Waals surface area contributed by atoms with Gasteiger partial charge in [0.2, 0.25) is 0 Å². The molecule has 160 valence electrons. The average molecular weight is 413 g/mol. The number of nitrogens with one attached hydrogen (secondary N) is 3. The first-order valence-electron chi connectivity index (χ1n) is 10.1. The van der Waals surface area contributed by atoms with Crippen LogP contribution in [0.4, 0.5) is 10.1 Å². The number of nitrogens with two attached hydrogens (primary N) is 1. The Labute approximate surface area is 175 Å². The minimum Gasteiger partial charge on any atom is -0.358 e. The third-order valence-corrected chi connectivity index (χ3v) is 5.36. The zero-order valence-corrected chi connectivity index (χ0v) is 17.6. The number of aromatic nitrogens is 1. The van der Waals surface area contributed by atoms with Gasteiger partial charge >= 0.3 is 0 Å². The predicted octanol–water partition coefficient (Wildman–Crippen LogP) is 2.27. The van der Waals surface area contributed by atoms with Gasteiger partial charge in [0.1, 0.15) is 5.82 Å². The van der Waals surface area contributed by atoms with E-state index in [1.807, 2.05) is 13.8 Å². The second-order valence-electron chi connectivity index (χ2n) is 7.34. The molecule has 0 bridgehead atoms. The van der Waals surface area contributed by atoms with Crippen LogP contribution in [0.15, 0.2) is 18.2 Å². The lowest BCUT2D eigenvalue weighted by Gasteiger charge is -2.19. The molecule has 0 aliphatic carbocycles. The van der Waals surface area contributed by atoms with Crippen LogP contribution in [-0.2, 0) is 4.79 Å². The highest BCUT2D eigenvalue weighted by Gasteiger charge is 2.26. The molecule has 2 amide bonds. The van der Waals surface area contributed by atoms with E-state index < -0.39 is 5.82 Å². The smallest absolute Gasteiger partial charge is 0.256 e. The number of anilines is 1. The van der Waals surface area contributed by atoms with Crippen LogP contribution in [0, 0.1) is 19.7 Å². The number of fused-ring (bicyclic) bond motifs is 1. The van der Waals surface area contributed by atoms with Crippen molar-refractivity contribution in [2.75, 3.05) is 38.0 Å². The summed E-state index contributed by atoms with van der Waals surface area (Å²) in [4.78, 5) is 30.5. The van der Waals surface area contributed by atoms with Crippen molar-refractivity contribution in [2.24, 2.45) is 5.73 Å². The quantitative estimate of drug-likeness (QED) is 0.499. The van der Waals surface area contributed by atoms with Crippen LogP contribution in [0.2, 0.25) is 0 Å². The third-order valence-electron chi connectivity index (χ3n) is 5.36. The summed E-state index contributed by atoms with van der Waals surface area (Å²) in [6.45, 7) is 9.18. The fourth-order valence-corrected chi connectivity index (χ4v) is 3.73. The summed E-state index contributed by atoms with van der Waals surface area (Å²) in [5.41, 5.74) is 9.70. The lowest BCUT2D eigenvalue weighted by atomic mass is 10.0. The Morgan fingerprint density at radius 1 is 1.30 bits per heavy atom. The first-order chi connectivity index (χ1) is 14.3. The summed E-state index contributed by atoms with van der Waals surface area (Å²) < 4.78 is 13.7. The Hall–Kier alpha value is -2.97. The Morgan fingerprint density at radius 2 is 2.07 bits per heavy atom. The second kappa shape index (κ2) is 9.23. The van der Waals surface area contributed by atoms with Gasteiger partial charge in [0.15, 0.2) is 0 Å². The molecule has 1 aliphatic heterocycles. The van der Waals surface area contributed by atoms with Crippen LogP contribution in [0.5, 0.6) is 0 Å². The molecule has 0 unspecified atom stereocenters. The van der Waals surface area contributed by atoms with Crippen LogP contribution in [0.3, 0.4) is 0 Å². The number of benzene rings is 1. The number of rotatable bonds is 8. The molecule has 0 spiro atoms. The molecule has 2 heterocycles. The molecule has 0 radical (unpaired) electrons. The normalized spacial score (nSPS) is 14.3. The molecule has 30 heavy (non-hydrogen) atoms. The zero-order valence-electron chi connectivity index (χ0n) is 17.6. The van der Waals surface area contributed by atoms with Crippen LogP contribution in [-0.4, -0.2) is 54.4 Å². The summed E-state index contributed by atoms with van der Waals surface area (Å²) in [6.07, 6.45) is 1.67. The van der Waals surface area contributed by atoms with Gasteiger partial charge in [0.25, 0.3) is 11.8 Å². The Balaban J connectivity index is 1.80. The Morgan fingerprint density at radius 3 is 2.77 bits per heavy atom. The highest BCUT2D eigenvalue weighted by atomic mass is 19.1. The van der Waals surface area contributed by atoms with Crippen molar-refractivity contribution in [1.82, 2.24) is 15.2 Å². The van der Waals surface area contributed by atoms with E-state index in [0.717, 1.165) is 25.2 Å². The molecule has 0 fully saturated rings. The topological polar surface area (TPSA) is 103 Å². The van der Waals surface area contributed by atoms with E-state index in [0.29, 0.717) is 46.9 Å². The van der Waals surface area contributed by atoms with E-state index in [9.17, 15) is 14.0 Å². The van der Waals surface area contributed by atoms with Crippen LogP contribution >= 0.6 is 0 Å². The minimum atomic E-state index is -0.411. The number of aromatic amines is 1. The summed E-state index contributed by atoms with van der Waals surface area (Å²) >= 11 is 0. The van der Waals surface area contributed by atoms with E-state index in [4.69, 9.17) is 5.73 Å². The maximum atomic E-state index is 13.7. The number of hydrogen-bond acceptors (Lipinski definition) is 4. The fraction of sp³-hybridized carbons (Fsp3) is 0.364. The first kappa shape index (κ1) is 21.7. The van der Waals surface area contributed by atoms with Crippen LogP contribution < -0.4 is 16.4 Å². The predicted molar refractivity (Wildman–Crippen MR) is 117 cm³/mol. The second-order valence-corrected chi connectivity index (χ2v) is 7.34. The van der Waals surface area contributed by atoms with E-state index in [-0.39, 0.29) is 11.8 Å². The standard InChI is InChI=1S/C22H28FN5O2/c1-4-28(9-7-24)10-8-25-22(30)20-13(2)19(26-14(20)3)12-17-16-11-15(23)5-6-18(16)27-21(17)29/h5-6,11-12,26H,4,7-10,24H2,1-3H3,(H,25,30)(H,27,29)/b17-12-. The van der Waals surface area contributed by atoms with Crippen molar-refractivity contribution >= 4 is 29.2 Å². The molecule has 1 aliphatic rings. The largest absolute Gasteiger partial charge is 0.358 e. The minimum absolute atomic E-state index is 0.169. The fourth-order valence-electron chi connectivity index (χ4n) is 3.73. The number of carbonyl (C=O) groups is 2. The molecule has 0 saturated heterocycles. The van der Waals surface area contributed by atoms with Gasteiger partial charge in [-0.3, -0.25) is 9.59 Å². The summed E-state index contributed by atoms with van der Waals surface area (Å²) in [7, 11) is 0. The third kappa shape index (κ3) is 4.44. The van der Waals surface area contributed by atoms with E-state index in [2.05, 4.69) is 27.4 Å². The van der Waals surface area contributed by atoms with Crippen LogP contribution in [0.1, 0.15) is 39.8 Å². The number of H-pyrrole nitrogens is 1. The number of hydrogen-bond donors (Lipinski definition) is 4. The maximum absolute atomic E-state index is 13.7. The highest BCUT2D eigenvalue weighted by Crippen LogP contribution is 2.34. The maximum Gasteiger partial charge on any atom is 0.256 e. The summed E-state index contributed by atoms with van der Waals surface area (Å²) in [5, 5.41) is 5.68. The number of aryl methyl sites for hydroxylation is 1. The number of nitrogens with zero attached hydrogens (tertiary/aromatic N) is 1. The van der Waals surface area contributed by atoms with Gasteiger partial charge in [-0.2, -0.15) is 0 Å². The van der Waals surface area contributed by atoms with Gasteiger partial charge in [0.05, 0.1) is 11.1 Å². The molecule has 0 saturated carbocycles. The van der Waals surface area contributed by atoms with Crippen molar-refractivity contribution in [3.63, 3.8) is 0 Å². The summed E-state index contributed by atoms with van der Waals surface area (Å²) in [6, 6.07) is 4.18. The molecule has 0 atom stereocenters. The van der Waals surface area contributed by atoms with Gasteiger partial charge in [-0.1, -0.05) is 6.92 Å². The molecule has 8 heteroatoms. The molecule has 3 rings (SSSR count). The van der Waals surface area contributed by atoms with Crippen LogP contribution in [0.25, 0.3) is 11.6 Å². The number of amides is 2. The van der Waals surface area contributed by atoms with Gasteiger partial charge in [0, 0.05) is 48.8 Å². The lowest BCUT2D eigenvalue weighted by Crippen LogP contribution is -2.37. The SMILES string of the molecule is CCN(CCN)CCNC(=O)c1c(C)[nH]c(/C=C2\C(=O)Nc3ccc(F)cc32)c1C. The first-order valence-corrected chi connectivity index (χ1v) is 10.1. The van der Waals surface area contributed by atoms with E-state index >= 15 is 0 Å². The van der Waals surface area contributed by atoms with Crippen molar-refractivity contribution in [3.8, 4) is 0 Å². The van der Waals surface area contributed by atoms with Crippen molar-refractivity contribution in [2.45, 2.75) is 20.8 Å². The van der Waals surface area contributed by atoms with Gasteiger partial charge in [-0.05, 0) is 50.2 Å². The van der Waals surface area contributed by atoms with E-state index in [1.165, 1.54) is 12.1 Å². The van der Waals surface area contributed by atoms with Gasteiger partial charge < -0.3 is 26.3 Å². The Bertz CT molecular complexity index is 996. The molecule has 1 aromatic heterocycles. The molecular formula is C22H28FN5O2.